The van der Waals surface area contributed by atoms with Gasteiger partial charge in [0.2, 0.25) is 0 Å². The van der Waals surface area contributed by atoms with Crippen LogP contribution in [0.3, 0.4) is 0 Å². The number of aliphatic hydroxyl groups is 4. The van der Waals surface area contributed by atoms with Crippen LogP contribution in [0.2, 0.25) is 0 Å². The van der Waals surface area contributed by atoms with E-state index in [-0.39, 0.29) is 42.6 Å². The van der Waals surface area contributed by atoms with Crippen molar-refractivity contribution in [2.24, 2.45) is 0 Å². The summed E-state index contributed by atoms with van der Waals surface area (Å²) in [6.45, 7) is 1.40. The Morgan fingerprint density at radius 2 is 1.34 bits per heavy atom. The first-order valence-electron chi connectivity index (χ1n) is 13.6. The number of rotatable bonds is 21. The van der Waals surface area contributed by atoms with Gasteiger partial charge in [-0.25, -0.2) is 8.42 Å². The van der Waals surface area contributed by atoms with Gasteiger partial charge in [-0.2, -0.15) is 0 Å². The molecular weight excluding hydrogens is 531 g/mol. The first-order valence-corrected chi connectivity index (χ1v) is 15.2. The zero-order valence-electron chi connectivity index (χ0n) is 23.0. The molecule has 1 heterocycles. The van der Waals surface area contributed by atoms with Crippen molar-refractivity contribution in [1.29, 1.82) is 0 Å². The molecule has 11 nitrogen and oxygen atoms in total. The fraction of sp³-hybridized carbons (Fsp3) is 0.960. The Morgan fingerprint density at radius 1 is 0.842 bits per heavy atom. The molecule has 0 saturated carbocycles. The minimum atomic E-state index is -4.78. The van der Waals surface area contributed by atoms with E-state index >= 15 is 0 Å². The third-order valence-corrected chi connectivity index (χ3v) is 7.15. The second-order valence-corrected chi connectivity index (χ2v) is 11.4. The minimum Gasteiger partial charge on any atom is -0.748 e. The Labute approximate surface area is 249 Å². The first kappa shape index (κ1) is 38.1. The number of unbranched alkanes of at least 4 members (excludes halogenated alkanes) is 12. The van der Waals surface area contributed by atoms with Crippen molar-refractivity contribution in [2.75, 3.05) is 19.0 Å². The summed E-state index contributed by atoms with van der Waals surface area (Å²) in [6.07, 6.45) is 5.99. The second-order valence-electron chi connectivity index (χ2n) is 9.90. The van der Waals surface area contributed by atoms with Crippen LogP contribution in [0.4, 0.5) is 0 Å². The molecular formula is C25H47NaO11S. The van der Waals surface area contributed by atoms with E-state index in [1.165, 1.54) is 57.8 Å². The van der Waals surface area contributed by atoms with Crippen LogP contribution >= 0.6 is 0 Å². The summed E-state index contributed by atoms with van der Waals surface area (Å²) in [5.41, 5.74) is 0. The summed E-state index contributed by atoms with van der Waals surface area (Å²) in [4.78, 5) is 11.9. The molecule has 4 N–H and O–H groups in total. The van der Waals surface area contributed by atoms with Crippen LogP contribution in [0.25, 0.3) is 0 Å². The maximum Gasteiger partial charge on any atom is 1.00 e. The van der Waals surface area contributed by atoms with E-state index in [1.807, 2.05) is 0 Å². The van der Waals surface area contributed by atoms with Gasteiger partial charge >= 0.3 is 35.5 Å². The SMILES string of the molecule is CCCCCCCCCCCCCCCC(=O)OCC(O)CO[C@@H]1O[C@H](CS(=O)(=O)[O-])[C@@H](O)[C@H](O)[C@H]1O.[Na+]. The van der Waals surface area contributed by atoms with Gasteiger partial charge in [-0.15, -0.1) is 0 Å². The first-order chi connectivity index (χ1) is 17.5. The molecule has 0 spiro atoms. The molecule has 0 bridgehead atoms. The third kappa shape index (κ3) is 17.8. The quantitative estimate of drug-likeness (QED) is 0.0552. The summed E-state index contributed by atoms with van der Waals surface area (Å²) < 4.78 is 48.1. The molecule has 1 saturated heterocycles. The normalized spacial score (nSPS) is 24.5. The van der Waals surface area contributed by atoms with Crippen LogP contribution in [0.5, 0.6) is 0 Å². The number of hydrogen-bond donors (Lipinski definition) is 4. The van der Waals surface area contributed by atoms with E-state index < -0.39 is 65.3 Å². The van der Waals surface area contributed by atoms with Crippen molar-refractivity contribution in [3.63, 3.8) is 0 Å². The van der Waals surface area contributed by atoms with Crippen molar-refractivity contribution in [3.05, 3.63) is 0 Å². The molecule has 0 radical (unpaired) electrons. The Hall–Kier alpha value is 0.140. The van der Waals surface area contributed by atoms with Gasteiger partial charge in [0, 0.05) is 6.42 Å². The molecule has 13 heteroatoms. The third-order valence-electron chi connectivity index (χ3n) is 6.41. The van der Waals surface area contributed by atoms with Crippen LogP contribution in [0.1, 0.15) is 96.8 Å². The fourth-order valence-corrected chi connectivity index (χ4v) is 4.87. The molecule has 0 amide bonds. The molecule has 38 heavy (non-hydrogen) atoms. The topological polar surface area (TPSA) is 183 Å². The van der Waals surface area contributed by atoms with Gasteiger partial charge in [0.05, 0.1) is 22.5 Å². The van der Waals surface area contributed by atoms with E-state index in [0.717, 1.165) is 19.3 Å². The fourth-order valence-electron chi connectivity index (χ4n) is 4.20. The molecule has 1 rings (SSSR count). The predicted molar refractivity (Wildman–Crippen MR) is 134 cm³/mol. The summed E-state index contributed by atoms with van der Waals surface area (Å²) >= 11 is 0. The van der Waals surface area contributed by atoms with E-state index in [9.17, 15) is 38.2 Å². The molecule has 0 aromatic carbocycles. The van der Waals surface area contributed by atoms with Crippen molar-refractivity contribution >= 4 is 16.1 Å². The second kappa shape index (κ2) is 21.8. The van der Waals surface area contributed by atoms with Crippen LogP contribution in [0.15, 0.2) is 0 Å². The average Bonchev–Trinajstić information content (AvgIpc) is 2.84. The van der Waals surface area contributed by atoms with Crippen LogP contribution in [0, 0.1) is 0 Å². The molecule has 1 fully saturated rings. The maximum atomic E-state index is 11.9. The smallest absolute Gasteiger partial charge is 0.748 e. The van der Waals surface area contributed by atoms with Crippen molar-refractivity contribution in [2.45, 2.75) is 134 Å². The molecule has 220 valence electrons. The van der Waals surface area contributed by atoms with Gasteiger partial charge in [-0.3, -0.25) is 4.79 Å². The predicted octanol–water partition coefficient (Wildman–Crippen LogP) is -1.25. The van der Waals surface area contributed by atoms with Crippen LogP contribution in [-0.4, -0.2) is 95.1 Å². The standard InChI is InChI=1S/C25H48O11S.Na/c1-2-3-4-5-6-7-8-9-10-11-12-13-14-15-21(27)34-16-19(26)17-35-25-24(30)23(29)22(28)20(36-25)18-37(31,32)33;/h19-20,22-26,28-30H,2-18H2,1H3,(H,31,32,33);/q;+1/p-1/t19?,20-,22-,23+,24-,25-;/m1./s1. The number of carbonyl (C=O) groups is 1. The number of carbonyl (C=O) groups excluding carboxylic acids is 1. The minimum absolute atomic E-state index is 0. The number of ether oxygens (including phenoxy) is 3. The molecule has 1 unspecified atom stereocenters. The van der Waals surface area contributed by atoms with Crippen molar-refractivity contribution < 1.29 is 82.0 Å². The van der Waals surface area contributed by atoms with Crippen molar-refractivity contribution in [3.8, 4) is 0 Å². The number of esters is 1. The Kier molecular flexibility index (Phi) is 21.9. The summed E-state index contributed by atoms with van der Waals surface area (Å²) in [7, 11) is -4.78. The Morgan fingerprint density at radius 3 is 1.84 bits per heavy atom. The van der Waals surface area contributed by atoms with Gasteiger partial charge in [-0.1, -0.05) is 84.0 Å². The summed E-state index contributed by atoms with van der Waals surface area (Å²) in [5, 5.41) is 39.6. The number of aliphatic hydroxyl groups excluding tert-OH is 4. The monoisotopic (exact) mass is 578 g/mol. The van der Waals surface area contributed by atoms with Gasteiger partial charge in [0.25, 0.3) is 0 Å². The van der Waals surface area contributed by atoms with Gasteiger partial charge in [0.1, 0.15) is 37.1 Å². The largest absolute Gasteiger partial charge is 1.00 e. The molecule has 0 aromatic heterocycles. The van der Waals surface area contributed by atoms with E-state index in [1.54, 1.807) is 0 Å². The summed E-state index contributed by atoms with van der Waals surface area (Å²) in [6, 6.07) is 0. The van der Waals surface area contributed by atoms with E-state index in [2.05, 4.69) is 6.92 Å². The molecule has 0 aliphatic carbocycles. The molecule has 0 aromatic rings. The Bertz CT molecular complexity index is 709. The van der Waals surface area contributed by atoms with E-state index in [4.69, 9.17) is 14.2 Å². The van der Waals surface area contributed by atoms with Crippen LogP contribution < -0.4 is 29.6 Å². The van der Waals surface area contributed by atoms with Crippen molar-refractivity contribution in [1.82, 2.24) is 0 Å². The number of hydrogen-bond acceptors (Lipinski definition) is 11. The van der Waals surface area contributed by atoms with E-state index in [0.29, 0.717) is 6.42 Å². The zero-order valence-corrected chi connectivity index (χ0v) is 25.9. The Balaban J connectivity index is 0.0000137. The van der Waals surface area contributed by atoms with Gasteiger partial charge < -0.3 is 39.2 Å². The maximum absolute atomic E-state index is 11.9. The molecule has 1 aliphatic rings. The average molecular weight is 579 g/mol. The molecule has 1 aliphatic heterocycles. The van der Waals surface area contributed by atoms with Crippen LogP contribution in [-0.2, 0) is 29.1 Å². The zero-order chi connectivity index (χ0) is 27.7. The van der Waals surface area contributed by atoms with Gasteiger partial charge in [-0.05, 0) is 6.42 Å². The molecule has 6 atom stereocenters. The summed E-state index contributed by atoms with van der Waals surface area (Å²) in [5.74, 6) is -1.58. The van der Waals surface area contributed by atoms with Gasteiger partial charge in [0.15, 0.2) is 6.29 Å².